The molecule has 2 aliphatic rings. The number of fused-ring (bicyclic) bond motifs is 1. The van der Waals surface area contributed by atoms with E-state index < -0.39 is 5.60 Å². The quantitative estimate of drug-likeness (QED) is 0.825. The fraction of sp³-hybridized carbons (Fsp3) is 0.476. The van der Waals surface area contributed by atoms with Gasteiger partial charge in [-0.1, -0.05) is 18.7 Å². The van der Waals surface area contributed by atoms with Crippen LogP contribution in [0, 0.1) is 6.92 Å². The molecule has 0 unspecified atom stereocenters. The van der Waals surface area contributed by atoms with Gasteiger partial charge in [0.05, 0.1) is 0 Å². The molecule has 0 spiro atoms. The Morgan fingerprint density at radius 2 is 2.19 bits per heavy atom. The minimum absolute atomic E-state index is 0.00787. The van der Waals surface area contributed by atoms with Gasteiger partial charge in [0.25, 0.3) is 0 Å². The molecule has 0 saturated heterocycles. The molecule has 140 valence electrons. The number of carbonyl (C=O) groups is 1. The van der Waals surface area contributed by atoms with Crippen LogP contribution < -0.4 is 10.5 Å². The van der Waals surface area contributed by atoms with Crippen LogP contribution in [0.1, 0.15) is 43.9 Å². The van der Waals surface area contributed by atoms with Crippen molar-refractivity contribution in [1.82, 2.24) is 4.90 Å². The van der Waals surface area contributed by atoms with Gasteiger partial charge < -0.3 is 20.1 Å². The van der Waals surface area contributed by atoms with Gasteiger partial charge in [-0.2, -0.15) is 0 Å². The lowest BCUT2D eigenvalue weighted by Gasteiger charge is -2.30. The lowest BCUT2D eigenvalue weighted by Crippen LogP contribution is -2.41. The smallest absolute Gasteiger partial charge is 0.410 e. The number of carbonyl (C=O) groups excluding carboxylic acids is 1. The zero-order valence-corrected chi connectivity index (χ0v) is 16.2. The third-order valence-electron chi connectivity index (χ3n) is 4.77. The standard InChI is InChI=1S/C21H28N2O3/c1-6-15-12-16-18(13(2)11-17(22)19(16)25-15)14-7-9-23(10-8-14)20(24)26-21(3,4)5/h6-7,11,15H,1,8-10,12,22H2,2-5H3/p+1/t15-/m1/s1. The van der Waals surface area contributed by atoms with Crippen molar-refractivity contribution in [1.29, 1.82) is 0 Å². The maximum Gasteiger partial charge on any atom is 0.410 e. The Hall–Kier alpha value is -2.27. The fourth-order valence-electron chi connectivity index (χ4n) is 3.65. The molecule has 5 nitrogen and oxygen atoms in total. The first kappa shape index (κ1) is 18.5. The third-order valence-corrected chi connectivity index (χ3v) is 4.77. The van der Waals surface area contributed by atoms with Crippen LogP contribution in [0.2, 0.25) is 0 Å². The van der Waals surface area contributed by atoms with E-state index in [1.54, 1.807) is 4.90 Å². The molecule has 1 aromatic rings. The second-order valence-corrected chi connectivity index (χ2v) is 8.04. The zero-order chi connectivity index (χ0) is 19.1. The molecular weight excluding hydrogens is 328 g/mol. The summed E-state index contributed by atoms with van der Waals surface area (Å²) in [6.45, 7) is 12.9. The normalized spacial score (nSPS) is 19.5. The number of rotatable bonds is 2. The van der Waals surface area contributed by atoms with Crippen molar-refractivity contribution >= 4 is 17.4 Å². The van der Waals surface area contributed by atoms with Gasteiger partial charge in [-0.05, 0) is 50.8 Å². The molecule has 0 saturated carbocycles. The van der Waals surface area contributed by atoms with E-state index in [0.29, 0.717) is 13.1 Å². The van der Waals surface area contributed by atoms with Crippen LogP contribution in [-0.4, -0.2) is 35.8 Å². The Morgan fingerprint density at radius 1 is 1.46 bits per heavy atom. The highest BCUT2D eigenvalue weighted by Gasteiger charge is 2.31. The molecule has 2 aliphatic heterocycles. The van der Waals surface area contributed by atoms with E-state index >= 15 is 0 Å². The molecule has 1 aromatic carbocycles. The van der Waals surface area contributed by atoms with Crippen LogP contribution in [0.25, 0.3) is 5.57 Å². The number of hydrogen-bond acceptors (Lipinski definition) is 3. The van der Waals surface area contributed by atoms with E-state index in [4.69, 9.17) is 9.47 Å². The van der Waals surface area contributed by atoms with Gasteiger partial charge >= 0.3 is 6.09 Å². The van der Waals surface area contributed by atoms with E-state index in [1.165, 1.54) is 22.3 Å². The molecule has 0 aliphatic carbocycles. The van der Waals surface area contributed by atoms with Gasteiger partial charge in [-0.3, -0.25) is 0 Å². The number of nitrogens with zero attached hydrogens (tertiary/aromatic N) is 1. The summed E-state index contributed by atoms with van der Waals surface area (Å²) in [5.41, 5.74) is 9.53. The predicted octanol–water partition coefficient (Wildman–Crippen LogP) is 3.38. The highest BCUT2D eigenvalue weighted by molar-refractivity contribution is 5.79. The molecule has 0 radical (unpaired) electrons. The summed E-state index contributed by atoms with van der Waals surface area (Å²) in [6.07, 6.45) is 5.37. The molecule has 1 atom stereocenters. The van der Waals surface area contributed by atoms with Crippen molar-refractivity contribution in [3.63, 3.8) is 0 Å². The lowest BCUT2D eigenvalue weighted by molar-refractivity contribution is -0.256. The summed E-state index contributed by atoms with van der Waals surface area (Å²) in [5, 5.41) is 0. The van der Waals surface area contributed by atoms with Gasteiger partial charge in [-0.15, -0.1) is 0 Å². The first-order chi connectivity index (χ1) is 12.2. The van der Waals surface area contributed by atoms with Crippen LogP contribution in [-0.2, 0) is 11.2 Å². The maximum absolute atomic E-state index is 12.3. The second-order valence-electron chi connectivity index (χ2n) is 8.04. The van der Waals surface area contributed by atoms with Crippen LogP contribution in [0.5, 0.6) is 5.75 Å². The Labute approximate surface area is 155 Å². The maximum atomic E-state index is 12.3. The van der Waals surface area contributed by atoms with Crippen LogP contribution in [0.4, 0.5) is 10.5 Å². The SMILES string of the molecule is C=C[C@@H]1Cc2c(c([NH3+])cc(C)c2C2=CCN(C(=O)OC(C)(C)C)CC2)O1. The summed E-state index contributed by atoms with van der Waals surface area (Å²) in [5.74, 6) is 0.894. The topological polar surface area (TPSA) is 66.4 Å². The molecule has 1 amide bonds. The number of hydrogen-bond donors (Lipinski definition) is 1. The second kappa shape index (κ2) is 6.80. The number of benzene rings is 1. The Morgan fingerprint density at radius 3 is 2.77 bits per heavy atom. The molecular formula is C21H29N2O3+. The lowest BCUT2D eigenvalue weighted by atomic mass is 9.89. The molecule has 0 bridgehead atoms. The highest BCUT2D eigenvalue weighted by atomic mass is 16.6. The van der Waals surface area contributed by atoms with E-state index in [9.17, 15) is 4.79 Å². The highest BCUT2D eigenvalue weighted by Crippen LogP contribution is 2.42. The van der Waals surface area contributed by atoms with E-state index in [2.05, 4.69) is 31.4 Å². The van der Waals surface area contributed by atoms with Crippen LogP contribution >= 0.6 is 0 Å². The first-order valence-corrected chi connectivity index (χ1v) is 9.14. The van der Waals surface area contributed by atoms with E-state index in [-0.39, 0.29) is 12.2 Å². The molecule has 3 N–H and O–H groups in total. The number of aryl methyl sites for hydroxylation is 1. The predicted molar refractivity (Wildman–Crippen MR) is 102 cm³/mol. The fourth-order valence-corrected chi connectivity index (χ4v) is 3.65. The largest absolute Gasteiger partial charge is 0.479 e. The molecule has 26 heavy (non-hydrogen) atoms. The van der Waals surface area contributed by atoms with Gasteiger partial charge in [0.1, 0.15) is 11.7 Å². The monoisotopic (exact) mass is 357 g/mol. The molecule has 0 fully saturated rings. The molecule has 2 heterocycles. The van der Waals surface area contributed by atoms with Gasteiger partial charge in [0, 0.05) is 31.1 Å². The van der Waals surface area contributed by atoms with E-state index in [1.807, 2.05) is 26.8 Å². The van der Waals surface area contributed by atoms with Gasteiger partial charge in [-0.25, -0.2) is 4.79 Å². The molecule has 3 rings (SSSR count). The Bertz CT molecular complexity index is 774. The Balaban J connectivity index is 1.85. The van der Waals surface area contributed by atoms with Crippen LogP contribution in [0.15, 0.2) is 24.8 Å². The zero-order valence-electron chi connectivity index (χ0n) is 16.2. The summed E-state index contributed by atoms with van der Waals surface area (Å²) < 4.78 is 11.5. The van der Waals surface area contributed by atoms with Crippen molar-refractivity contribution in [2.24, 2.45) is 0 Å². The van der Waals surface area contributed by atoms with Gasteiger partial charge in [0.15, 0.2) is 11.4 Å². The van der Waals surface area contributed by atoms with Crippen molar-refractivity contribution in [3.05, 3.63) is 41.5 Å². The number of ether oxygens (including phenoxy) is 2. The molecule has 5 heteroatoms. The minimum atomic E-state index is -0.473. The molecule has 0 aromatic heterocycles. The van der Waals surface area contributed by atoms with Crippen molar-refractivity contribution in [2.75, 3.05) is 13.1 Å². The summed E-state index contributed by atoms with van der Waals surface area (Å²) in [6, 6.07) is 2.08. The number of quaternary nitrogens is 1. The van der Waals surface area contributed by atoms with E-state index in [0.717, 1.165) is 24.3 Å². The first-order valence-electron chi connectivity index (χ1n) is 9.14. The van der Waals surface area contributed by atoms with Crippen molar-refractivity contribution in [2.45, 2.75) is 52.2 Å². The Kier molecular flexibility index (Phi) is 4.84. The van der Waals surface area contributed by atoms with Gasteiger partial charge in [0.2, 0.25) is 0 Å². The average molecular weight is 357 g/mol. The van der Waals surface area contributed by atoms with Crippen LogP contribution in [0.3, 0.4) is 0 Å². The minimum Gasteiger partial charge on any atom is -0.479 e. The summed E-state index contributed by atoms with van der Waals surface area (Å²) in [7, 11) is 0. The summed E-state index contributed by atoms with van der Waals surface area (Å²) in [4.78, 5) is 14.0. The van der Waals surface area contributed by atoms with Crippen molar-refractivity contribution < 1.29 is 20.0 Å². The average Bonchev–Trinajstić information content (AvgIpc) is 2.98. The third kappa shape index (κ3) is 3.63. The number of amides is 1. The summed E-state index contributed by atoms with van der Waals surface area (Å²) >= 11 is 0. The van der Waals surface area contributed by atoms with Crippen molar-refractivity contribution in [3.8, 4) is 5.75 Å².